The first-order chi connectivity index (χ1) is 15.6. The van der Waals surface area contributed by atoms with E-state index in [1.54, 1.807) is 11.7 Å². The molecule has 1 aromatic heterocycles. The summed E-state index contributed by atoms with van der Waals surface area (Å²) in [6.45, 7) is 3.55. The predicted molar refractivity (Wildman–Crippen MR) is 121 cm³/mol. The van der Waals surface area contributed by atoms with Crippen LogP contribution < -0.4 is 10.6 Å². The van der Waals surface area contributed by atoms with E-state index in [-0.39, 0.29) is 11.8 Å². The topological polar surface area (TPSA) is 88.0 Å². The van der Waals surface area contributed by atoms with E-state index in [9.17, 15) is 9.18 Å². The largest absolute Gasteiger partial charge is 0.338 e. The molecule has 2 heterocycles. The van der Waals surface area contributed by atoms with Gasteiger partial charge < -0.3 is 15.5 Å². The first-order valence-corrected chi connectivity index (χ1v) is 10.9. The van der Waals surface area contributed by atoms with Crippen molar-refractivity contribution in [1.82, 2.24) is 30.4 Å². The number of halogens is 1. The number of amides is 2. The molecular formula is C23H28FN7O. The number of aryl methyl sites for hydroxylation is 1. The first kappa shape index (κ1) is 21.9. The second kappa shape index (κ2) is 10.3. The van der Waals surface area contributed by atoms with Gasteiger partial charge in [0.05, 0.1) is 0 Å². The average molecular weight is 438 g/mol. The molecule has 8 nitrogen and oxygen atoms in total. The number of nitrogens with zero attached hydrogens (tertiary/aromatic N) is 5. The Labute approximate surface area is 186 Å². The number of rotatable bonds is 7. The number of aromatic nitrogens is 4. The van der Waals surface area contributed by atoms with Gasteiger partial charge in [-0.2, -0.15) is 0 Å². The van der Waals surface area contributed by atoms with Gasteiger partial charge in [-0.15, -0.1) is 5.10 Å². The quantitative estimate of drug-likeness (QED) is 0.553. The number of anilines is 1. The molecule has 3 aromatic rings. The monoisotopic (exact) mass is 437 g/mol. The number of urea groups is 1. The molecule has 1 atom stereocenters. The maximum atomic E-state index is 13.2. The van der Waals surface area contributed by atoms with Crippen LogP contribution in [0, 0.1) is 5.82 Å². The summed E-state index contributed by atoms with van der Waals surface area (Å²) in [5.41, 5.74) is 2.71. The van der Waals surface area contributed by atoms with Gasteiger partial charge in [0.15, 0.2) is 5.82 Å². The molecule has 1 fully saturated rings. The number of hydrogen-bond donors (Lipinski definition) is 2. The summed E-state index contributed by atoms with van der Waals surface area (Å²) in [4.78, 5) is 14.7. The third kappa shape index (κ3) is 5.67. The lowest BCUT2D eigenvalue weighted by Gasteiger charge is -2.33. The molecule has 32 heavy (non-hydrogen) atoms. The Morgan fingerprint density at radius 3 is 2.84 bits per heavy atom. The number of carbonyl (C=O) groups excluding carboxylic acids is 1. The number of carbonyl (C=O) groups is 1. The summed E-state index contributed by atoms with van der Waals surface area (Å²) in [6.07, 6.45) is 3.13. The molecule has 0 saturated carbocycles. The molecule has 2 N–H and O–H groups in total. The van der Waals surface area contributed by atoms with Crippen molar-refractivity contribution in [3.8, 4) is 11.4 Å². The molecule has 1 unspecified atom stereocenters. The Balaban J connectivity index is 1.20. The number of likely N-dealkylation sites (tertiary alicyclic amines) is 1. The van der Waals surface area contributed by atoms with Crippen molar-refractivity contribution in [2.24, 2.45) is 7.05 Å². The molecule has 4 rings (SSSR count). The van der Waals surface area contributed by atoms with Crippen LogP contribution in [0.2, 0.25) is 0 Å². The smallest absolute Gasteiger partial charge is 0.319 e. The zero-order chi connectivity index (χ0) is 22.3. The van der Waals surface area contributed by atoms with Gasteiger partial charge in [0.2, 0.25) is 0 Å². The van der Waals surface area contributed by atoms with Crippen LogP contribution in [0.3, 0.4) is 0 Å². The van der Waals surface area contributed by atoms with Crippen LogP contribution in [0.4, 0.5) is 14.9 Å². The number of benzene rings is 2. The minimum atomic E-state index is -0.235. The lowest BCUT2D eigenvalue weighted by atomic mass is 9.90. The van der Waals surface area contributed by atoms with E-state index in [0.29, 0.717) is 24.0 Å². The number of nitrogens with one attached hydrogen (secondary N) is 2. The third-order valence-corrected chi connectivity index (χ3v) is 5.78. The first-order valence-electron chi connectivity index (χ1n) is 10.9. The summed E-state index contributed by atoms with van der Waals surface area (Å²) in [5, 5.41) is 17.3. The van der Waals surface area contributed by atoms with Crippen LogP contribution in [-0.2, 0) is 7.05 Å². The molecule has 1 aliphatic heterocycles. The van der Waals surface area contributed by atoms with Crippen LogP contribution in [-0.4, -0.2) is 57.3 Å². The van der Waals surface area contributed by atoms with E-state index in [0.717, 1.165) is 44.5 Å². The minimum Gasteiger partial charge on any atom is -0.338 e. The Hall–Kier alpha value is -3.33. The highest BCUT2D eigenvalue weighted by atomic mass is 19.1. The van der Waals surface area contributed by atoms with Crippen molar-refractivity contribution >= 4 is 11.7 Å². The summed E-state index contributed by atoms with van der Waals surface area (Å²) in [6, 6.07) is 14.1. The zero-order valence-corrected chi connectivity index (χ0v) is 18.2. The van der Waals surface area contributed by atoms with Crippen LogP contribution >= 0.6 is 0 Å². The predicted octanol–water partition coefficient (Wildman–Crippen LogP) is 3.41. The lowest BCUT2D eigenvalue weighted by molar-refractivity contribution is 0.205. The lowest BCUT2D eigenvalue weighted by Crippen LogP contribution is -2.37. The zero-order valence-electron chi connectivity index (χ0n) is 18.2. The summed E-state index contributed by atoms with van der Waals surface area (Å²) < 4.78 is 14.8. The average Bonchev–Trinajstić information content (AvgIpc) is 3.23. The Kier molecular flexibility index (Phi) is 7.06. The second-order valence-electron chi connectivity index (χ2n) is 8.13. The van der Waals surface area contributed by atoms with Gasteiger partial charge in [0.25, 0.3) is 0 Å². The van der Waals surface area contributed by atoms with Gasteiger partial charge in [-0.05, 0) is 78.5 Å². The summed E-state index contributed by atoms with van der Waals surface area (Å²) >= 11 is 0. The maximum Gasteiger partial charge on any atom is 0.319 e. The molecule has 1 aliphatic rings. The summed E-state index contributed by atoms with van der Waals surface area (Å²) in [7, 11) is 1.77. The fourth-order valence-corrected chi connectivity index (χ4v) is 4.16. The van der Waals surface area contributed by atoms with Crippen molar-refractivity contribution in [1.29, 1.82) is 0 Å². The van der Waals surface area contributed by atoms with Gasteiger partial charge in [-0.25, -0.2) is 13.9 Å². The molecule has 0 radical (unpaired) electrons. The second-order valence-corrected chi connectivity index (χ2v) is 8.13. The van der Waals surface area contributed by atoms with Gasteiger partial charge in [0, 0.05) is 31.4 Å². The SMILES string of the molecule is Cn1nnnc1-c1cccc(NC(=O)NCCCN2CCCC(c3ccc(F)cc3)C2)c1. The molecule has 0 bridgehead atoms. The van der Waals surface area contributed by atoms with Crippen molar-refractivity contribution in [3.63, 3.8) is 0 Å². The fourth-order valence-electron chi connectivity index (χ4n) is 4.16. The van der Waals surface area contributed by atoms with Gasteiger partial charge >= 0.3 is 6.03 Å². The normalized spacial score (nSPS) is 16.6. The number of piperidine rings is 1. The van der Waals surface area contributed by atoms with Crippen molar-refractivity contribution in [3.05, 3.63) is 59.9 Å². The molecular weight excluding hydrogens is 409 g/mol. The van der Waals surface area contributed by atoms with E-state index in [1.165, 1.54) is 17.7 Å². The van der Waals surface area contributed by atoms with E-state index < -0.39 is 0 Å². The molecule has 168 valence electrons. The van der Waals surface area contributed by atoms with E-state index >= 15 is 0 Å². The van der Waals surface area contributed by atoms with Gasteiger partial charge in [-0.1, -0.05) is 24.3 Å². The third-order valence-electron chi connectivity index (χ3n) is 5.78. The molecule has 0 aliphatic carbocycles. The Morgan fingerprint density at radius 1 is 1.22 bits per heavy atom. The molecule has 1 saturated heterocycles. The van der Waals surface area contributed by atoms with Crippen LogP contribution in [0.1, 0.15) is 30.7 Å². The highest BCUT2D eigenvalue weighted by Gasteiger charge is 2.21. The van der Waals surface area contributed by atoms with Gasteiger partial charge in [0.1, 0.15) is 5.82 Å². The molecule has 2 amide bonds. The van der Waals surface area contributed by atoms with E-state index in [1.807, 2.05) is 36.4 Å². The van der Waals surface area contributed by atoms with Crippen LogP contribution in [0.25, 0.3) is 11.4 Å². The molecule has 9 heteroatoms. The number of hydrogen-bond acceptors (Lipinski definition) is 5. The molecule has 2 aromatic carbocycles. The summed E-state index contributed by atoms with van der Waals surface area (Å²) in [5.74, 6) is 0.884. The maximum absolute atomic E-state index is 13.2. The van der Waals surface area contributed by atoms with Crippen LogP contribution in [0.5, 0.6) is 0 Å². The Bertz CT molecular complexity index is 1040. The standard InChI is InChI=1S/C23H28FN7O/c1-30-22(27-28-29-30)18-5-2-7-21(15-18)26-23(32)25-12-4-14-31-13-3-6-19(16-31)17-8-10-20(24)11-9-17/h2,5,7-11,15,19H,3-4,6,12-14,16H2,1H3,(H2,25,26,32). The van der Waals surface area contributed by atoms with E-state index in [4.69, 9.17) is 0 Å². The van der Waals surface area contributed by atoms with Crippen LogP contribution in [0.15, 0.2) is 48.5 Å². The molecule has 0 spiro atoms. The highest BCUT2D eigenvalue weighted by molar-refractivity contribution is 5.89. The highest BCUT2D eigenvalue weighted by Crippen LogP contribution is 2.27. The minimum absolute atomic E-state index is 0.192. The van der Waals surface area contributed by atoms with Crippen molar-refractivity contribution in [2.45, 2.75) is 25.2 Å². The number of tetrazole rings is 1. The Morgan fingerprint density at radius 2 is 2.06 bits per heavy atom. The fraction of sp³-hybridized carbons (Fsp3) is 0.391. The van der Waals surface area contributed by atoms with Crippen molar-refractivity contribution < 1.29 is 9.18 Å². The van der Waals surface area contributed by atoms with Gasteiger partial charge in [-0.3, -0.25) is 0 Å². The van der Waals surface area contributed by atoms with Crippen molar-refractivity contribution in [2.75, 3.05) is 31.5 Å². The van der Waals surface area contributed by atoms with E-state index in [2.05, 4.69) is 31.1 Å².